The van der Waals surface area contributed by atoms with Crippen LogP contribution in [0.2, 0.25) is 0 Å². The molecule has 2 heterocycles. The van der Waals surface area contributed by atoms with Crippen molar-refractivity contribution in [2.75, 3.05) is 6.54 Å². The van der Waals surface area contributed by atoms with Gasteiger partial charge in [-0.2, -0.15) is 5.10 Å². The summed E-state index contributed by atoms with van der Waals surface area (Å²) >= 11 is 0. The number of nitrogens with zero attached hydrogens (tertiary/aromatic N) is 3. The summed E-state index contributed by atoms with van der Waals surface area (Å²) in [7, 11) is 1.93. The fourth-order valence-electron chi connectivity index (χ4n) is 1.96. The van der Waals surface area contributed by atoms with Gasteiger partial charge >= 0.3 is 0 Å². The molecule has 0 aliphatic heterocycles. The zero-order chi connectivity index (χ0) is 15.8. The molecule has 0 saturated carbocycles. The minimum atomic E-state index is 0.376. The molecule has 2 aromatic rings. The Kier molecular flexibility index (Phi) is 6.06. The predicted octanol–water partition coefficient (Wildman–Crippen LogP) is 2.09. The van der Waals surface area contributed by atoms with Gasteiger partial charge in [0.1, 0.15) is 5.76 Å². The van der Waals surface area contributed by atoms with Crippen molar-refractivity contribution in [1.29, 1.82) is 0 Å². The highest BCUT2D eigenvalue weighted by atomic mass is 16.3. The second kappa shape index (κ2) is 8.26. The predicted molar refractivity (Wildman–Crippen MR) is 87.7 cm³/mol. The summed E-state index contributed by atoms with van der Waals surface area (Å²) in [5.41, 5.74) is 1.08. The lowest BCUT2D eigenvalue weighted by Crippen LogP contribution is -2.42. The Hall–Kier alpha value is -2.24. The molecule has 0 aliphatic carbocycles. The number of aromatic nitrogens is 2. The summed E-state index contributed by atoms with van der Waals surface area (Å²) in [5, 5.41) is 10.9. The van der Waals surface area contributed by atoms with Gasteiger partial charge in [0.25, 0.3) is 0 Å². The summed E-state index contributed by atoms with van der Waals surface area (Å²) in [4.78, 5) is 4.64. The summed E-state index contributed by atoms with van der Waals surface area (Å²) in [6.07, 6.45) is 5.37. The van der Waals surface area contributed by atoms with Gasteiger partial charge < -0.3 is 15.1 Å². The van der Waals surface area contributed by atoms with Crippen LogP contribution in [0.5, 0.6) is 0 Å². The SMILES string of the molecule is CCC(C)NC(=NCc1ccnn1C)NCCc1ccco1. The monoisotopic (exact) mass is 303 g/mol. The number of aryl methyl sites for hydroxylation is 1. The quantitative estimate of drug-likeness (QED) is 0.607. The maximum absolute atomic E-state index is 5.34. The molecule has 0 spiro atoms. The van der Waals surface area contributed by atoms with Crippen LogP contribution >= 0.6 is 0 Å². The first-order valence-corrected chi connectivity index (χ1v) is 7.73. The van der Waals surface area contributed by atoms with E-state index in [4.69, 9.17) is 4.42 Å². The molecular formula is C16H25N5O. The van der Waals surface area contributed by atoms with Crippen LogP contribution in [0.3, 0.4) is 0 Å². The largest absolute Gasteiger partial charge is 0.469 e. The number of hydrogen-bond donors (Lipinski definition) is 2. The van der Waals surface area contributed by atoms with Gasteiger partial charge in [-0.05, 0) is 31.5 Å². The van der Waals surface area contributed by atoms with Crippen molar-refractivity contribution >= 4 is 5.96 Å². The molecule has 0 fully saturated rings. The second-order valence-corrected chi connectivity index (χ2v) is 5.32. The third-order valence-electron chi connectivity index (χ3n) is 3.56. The first kappa shape index (κ1) is 16.1. The van der Waals surface area contributed by atoms with Gasteiger partial charge in [-0.25, -0.2) is 4.99 Å². The summed E-state index contributed by atoms with van der Waals surface area (Å²) in [6.45, 7) is 5.68. The molecule has 0 radical (unpaired) electrons. The van der Waals surface area contributed by atoms with Crippen molar-refractivity contribution in [3.8, 4) is 0 Å². The molecule has 0 amide bonds. The molecule has 0 bridgehead atoms. The first-order chi connectivity index (χ1) is 10.7. The first-order valence-electron chi connectivity index (χ1n) is 7.73. The van der Waals surface area contributed by atoms with E-state index >= 15 is 0 Å². The van der Waals surface area contributed by atoms with Crippen LogP contribution in [-0.4, -0.2) is 28.3 Å². The van der Waals surface area contributed by atoms with Crippen LogP contribution in [0, 0.1) is 0 Å². The molecule has 6 nitrogen and oxygen atoms in total. The van der Waals surface area contributed by atoms with E-state index in [2.05, 4.69) is 34.6 Å². The summed E-state index contributed by atoms with van der Waals surface area (Å²) in [5.74, 6) is 1.80. The smallest absolute Gasteiger partial charge is 0.191 e. The average Bonchev–Trinajstić information content (AvgIpc) is 3.16. The number of hydrogen-bond acceptors (Lipinski definition) is 3. The highest BCUT2D eigenvalue weighted by Crippen LogP contribution is 2.01. The van der Waals surface area contributed by atoms with Gasteiger partial charge in [-0.1, -0.05) is 6.92 Å². The molecule has 0 aliphatic rings. The van der Waals surface area contributed by atoms with E-state index in [1.165, 1.54) is 0 Å². The minimum Gasteiger partial charge on any atom is -0.469 e. The molecule has 2 N–H and O–H groups in total. The van der Waals surface area contributed by atoms with E-state index in [1.54, 1.807) is 12.5 Å². The molecule has 2 aromatic heterocycles. The highest BCUT2D eigenvalue weighted by Gasteiger charge is 2.05. The Morgan fingerprint density at radius 1 is 1.45 bits per heavy atom. The third kappa shape index (κ3) is 4.95. The molecule has 1 unspecified atom stereocenters. The topological polar surface area (TPSA) is 67.4 Å². The highest BCUT2D eigenvalue weighted by molar-refractivity contribution is 5.80. The van der Waals surface area contributed by atoms with Crippen LogP contribution in [0.4, 0.5) is 0 Å². The van der Waals surface area contributed by atoms with Gasteiger partial charge in [0, 0.05) is 32.3 Å². The van der Waals surface area contributed by atoms with Crippen LogP contribution < -0.4 is 10.6 Å². The molecule has 0 aromatic carbocycles. The van der Waals surface area contributed by atoms with E-state index in [-0.39, 0.29) is 0 Å². The number of nitrogens with one attached hydrogen (secondary N) is 2. The van der Waals surface area contributed by atoms with E-state index in [1.807, 2.05) is 29.9 Å². The van der Waals surface area contributed by atoms with Crippen molar-refractivity contribution in [3.05, 3.63) is 42.1 Å². The average molecular weight is 303 g/mol. The van der Waals surface area contributed by atoms with Gasteiger partial charge in [-0.15, -0.1) is 0 Å². The normalized spacial score (nSPS) is 13.1. The molecular weight excluding hydrogens is 278 g/mol. The Morgan fingerprint density at radius 3 is 2.95 bits per heavy atom. The standard InChI is InChI=1S/C16H25N5O/c1-4-13(2)20-16(17-9-8-15-6-5-11-22-15)18-12-14-7-10-19-21(14)3/h5-7,10-11,13H,4,8-9,12H2,1-3H3,(H2,17,18,20). The van der Waals surface area contributed by atoms with E-state index < -0.39 is 0 Å². The van der Waals surface area contributed by atoms with E-state index in [0.29, 0.717) is 12.6 Å². The summed E-state index contributed by atoms with van der Waals surface area (Å²) < 4.78 is 7.18. The van der Waals surface area contributed by atoms with Crippen molar-refractivity contribution in [2.45, 2.75) is 39.3 Å². The molecule has 1 atom stereocenters. The second-order valence-electron chi connectivity index (χ2n) is 5.32. The van der Waals surface area contributed by atoms with Gasteiger partial charge in [0.15, 0.2) is 5.96 Å². The maximum Gasteiger partial charge on any atom is 0.191 e. The fourth-order valence-corrected chi connectivity index (χ4v) is 1.96. The lowest BCUT2D eigenvalue weighted by molar-refractivity contribution is 0.506. The van der Waals surface area contributed by atoms with Crippen molar-refractivity contribution < 1.29 is 4.42 Å². The number of furan rings is 1. The Bertz CT molecular complexity index is 573. The Morgan fingerprint density at radius 2 is 2.32 bits per heavy atom. The number of rotatable bonds is 7. The molecule has 120 valence electrons. The minimum absolute atomic E-state index is 0.376. The van der Waals surface area contributed by atoms with E-state index in [0.717, 1.165) is 36.8 Å². The molecule has 0 saturated heterocycles. The van der Waals surface area contributed by atoms with Gasteiger partial charge in [0.05, 0.1) is 18.5 Å². The van der Waals surface area contributed by atoms with E-state index in [9.17, 15) is 0 Å². The van der Waals surface area contributed by atoms with Crippen LogP contribution in [0.25, 0.3) is 0 Å². The van der Waals surface area contributed by atoms with Crippen LogP contribution in [-0.2, 0) is 20.0 Å². The van der Waals surface area contributed by atoms with Gasteiger partial charge in [-0.3, -0.25) is 4.68 Å². The zero-order valence-corrected chi connectivity index (χ0v) is 13.5. The fraction of sp³-hybridized carbons (Fsp3) is 0.500. The molecule has 22 heavy (non-hydrogen) atoms. The number of guanidine groups is 1. The Balaban J connectivity index is 1.91. The maximum atomic E-state index is 5.34. The third-order valence-corrected chi connectivity index (χ3v) is 3.56. The zero-order valence-electron chi connectivity index (χ0n) is 13.5. The molecule has 6 heteroatoms. The molecule has 2 rings (SSSR count). The summed E-state index contributed by atoms with van der Waals surface area (Å²) in [6, 6.07) is 6.24. The van der Waals surface area contributed by atoms with Crippen LogP contribution in [0.1, 0.15) is 31.7 Å². The lowest BCUT2D eigenvalue weighted by Gasteiger charge is -2.16. The van der Waals surface area contributed by atoms with Crippen molar-refractivity contribution in [2.24, 2.45) is 12.0 Å². The Labute approximate surface area is 131 Å². The lowest BCUT2D eigenvalue weighted by atomic mass is 10.3. The van der Waals surface area contributed by atoms with Crippen molar-refractivity contribution in [3.63, 3.8) is 0 Å². The van der Waals surface area contributed by atoms with Crippen LogP contribution in [0.15, 0.2) is 40.1 Å². The van der Waals surface area contributed by atoms with Crippen molar-refractivity contribution in [1.82, 2.24) is 20.4 Å². The number of aliphatic imine (C=N–C) groups is 1. The van der Waals surface area contributed by atoms with Gasteiger partial charge in [0.2, 0.25) is 0 Å².